The molecule has 0 saturated heterocycles. The van der Waals surface area contributed by atoms with Crippen LogP contribution in [-0.2, 0) is 11.3 Å². The average Bonchev–Trinajstić information content (AvgIpc) is 2.81. The predicted octanol–water partition coefficient (Wildman–Crippen LogP) is 1.02. The Morgan fingerprint density at radius 1 is 1.53 bits per heavy atom. The van der Waals surface area contributed by atoms with Gasteiger partial charge in [0, 0.05) is 20.1 Å². The van der Waals surface area contributed by atoms with Crippen LogP contribution in [0.3, 0.4) is 0 Å². The second-order valence-electron chi connectivity index (χ2n) is 3.97. The van der Waals surface area contributed by atoms with Crippen LogP contribution < -0.4 is 0 Å². The molecule has 0 fully saturated rings. The first-order chi connectivity index (χ1) is 8.17. The van der Waals surface area contributed by atoms with Gasteiger partial charge < -0.3 is 10.0 Å². The third-order valence-electron chi connectivity index (χ3n) is 2.65. The largest absolute Gasteiger partial charge is 0.395 e. The number of rotatable bonds is 7. The van der Waals surface area contributed by atoms with Crippen LogP contribution in [0.5, 0.6) is 0 Å². The zero-order valence-corrected chi connectivity index (χ0v) is 11.2. The molecule has 1 N–H and O–H groups in total. The predicted molar refractivity (Wildman–Crippen MR) is 70.0 cm³/mol. The van der Waals surface area contributed by atoms with E-state index in [1.807, 2.05) is 30.3 Å². The first-order valence-electron chi connectivity index (χ1n) is 5.75. The van der Waals surface area contributed by atoms with Gasteiger partial charge in [0.05, 0.1) is 13.2 Å². The van der Waals surface area contributed by atoms with E-state index in [1.54, 1.807) is 16.2 Å². The Hall–Kier alpha value is -0.910. The van der Waals surface area contributed by atoms with Crippen molar-refractivity contribution in [3.05, 3.63) is 22.4 Å². The van der Waals surface area contributed by atoms with Crippen molar-refractivity contribution in [1.29, 1.82) is 0 Å². The van der Waals surface area contributed by atoms with Crippen molar-refractivity contribution in [2.45, 2.75) is 13.5 Å². The molecule has 1 rings (SSSR count). The monoisotopic (exact) mass is 256 g/mol. The molecule has 17 heavy (non-hydrogen) atoms. The highest BCUT2D eigenvalue weighted by atomic mass is 32.1. The molecule has 4 nitrogen and oxygen atoms in total. The molecule has 0 bridgehead atoms. The minimum atomic E-state index is 0.0894. The second-order valence-corrected chi connectivity index (χ2v) is 4.75. The van der Waals surface area contributed by atoms with Gasteiger partial charge in [0.1, 0.15) is 0 Å². The third kappa shape index (κ3) is 4.85. The highest BCUT2D eigenvalue weighted by Crippen LogP contribution is 2.08. The number of aliphatic hydroxyl groups excluding tert-OH is 1. The molecular formula is C12H20N2O2S. The number of carbonyl (C=O) groups is 1. The quantitative estimate of drug-likeness (QED) is 0.792. The summed E-state index contributed by atoms with van der Waals surface area (Å²) < 4.78 is 0. The van der Waals surface area contributed by atoms with Gasteiger partial charge in [0.2, 0.25) is 5.91 Å². The number of hydrogen-bond donors (Lipinski definition) is 1. The van der Waals surface area contributed by atoms with Gasteiger partial charge in [-0.2, -0.15) is 11.3 Å². The Balaban J connectivity index is 2.40. The van der Waals surface area contributed by atoms with Crippen molar-refractivity contribution >= 4 is 17.2 Å². The van der Waals surface area contributed by atoms with Gasteiger partial charge in [-0.3, -0.25) is 9.69 Å². The van der Waals surface area contributed by atoms with Crippen molar-refractivity contribution in [3.8, 4) is 0 Å². The van der Waals surface area contributed by atoms with E-state index in [2.05, 4.69) is 5.38 Å². The van der Waals surface area contributed by atoms with Gasteiger partial charge in [-0.15, -0.1) is 0 Å². The lowest BCUT2D eigenvalue weighted by molar-refractivity contribution is -0.131. The first-order valence-corrected chi connectivity index (χ1v) is 6.70. The maximum Gasteiger partial charge on any atom is 0.236 e. The SMILES string of the molecule is CCN(CCO)CC(=O)N(C)Cc1ccsc1. The summed E-state index contributed by atoms with van der Waals surface area (Å²) >= 11 is 1.64. The molecule has 5 heteroatoms. The molecule has 0 radical (unpaired) electrons. The molecule has 0 spiro atoms. The number of nitrogens with zero attached hydrogens (tertiary/aromatic N) is 2. The fraction of sp³-hybridized carbons (Fsp3) is 0.583. The smallest absolute Gasteiger partial charge is 0.236 e. The van der Waals surface area contributed by atoms with Crippen LogP contribution in [0.4, 0.5) is 0 Å². The Morgan fingerprint density at radius 3 is 2.82 bits per heavy atom. The van der Waals surface area contributed by atoms with Crippen molar-refractivity contribution in [1.82, 2.24) is 9.80 Å². The standard InChI is InChI=1S/C12H20N2O2S/c1-3-14(5-6-15)9-12(16)13(2)8-11-4-7-17-10-11/h4,7,10,15H,3,5-6,8-9H2,1-2H3. The molecule has 1 heterocycles. The number of likely N-dealkylation sites (N-methyl/N-ethyl adjacent to an activating group) is 2. The zero-order valence-electron chi connectivity index (χ0n) is 10.4. The molecule has 0 saturated carbocycles. The summed E-state index contributed by atoms with van der Waals surface area (Å²) in [5.74, 6) is 0.0894. The summed E-state index contributed by atoms with van der Waals surface area (Å²) in [6, 6.07) is 2.03. The van der Waals surface area contributed by atoms with Crippen LogP contribution >= 0.6 is 11.3 Å². The Kier molecular flexibility index (Phi) is 6.18. The van der Waals surface area contributed by atoms with Crippen LogP contribution in [0.2, 0.25) is 0 Å². The summed E-state index contributed by atoms with van der Waals surface area (Å²) in [4.78, 5) is 15.6. The van der Waals surface area contributed by atoms with E-state index >= 15 is 0 Å². The molecule has 0 aliphatic rings. The first kappa shape index (κ1) is 14.2. The lowest BCUT2D eigenvalue weighted by Gasteiger charge is -2.23. The van der Waals surface area contributed by atoms with Crippen LogP contribution in [0, 0.1) is 0 Å². The average molecular weight is 256 g/mol. The number of aliphatic hydroxyl groups is 1. The van der Waals surface area contributed by atoms with Crippen LogP contribution in [0.25, 0.3) is 0 Å². The second kappa shape index (κ2) is 7.42. The van der Waals surface area contributed by atoms with Crippen molar-refractivity contribution in [2.75, 3.05) is 33.3 Å². The third-order valence-corrected chi connectivity index (χ3v) is 3.38. The molecule has 0 aliphatic heterocycles. The van der Waals surface area contributed by atoms with Crippen molar-refractivity contribution in [3.63, 3.8) is 0 Å². The van der Waals surface area contributed by atoms with Crippen molar-refractivity contribution in [2.24, 2.45) is 0 Å². The van der Waals surface area contributed by atoms with E-state index in [0.717, 1.165) is 12.1 Å². The highest BCUT2D eigenvalue weighted by Gasteiger charge is 2.13. The molecule has 1 aromatic rings. The maximum absolute atomic E-state index is 11.9. The Morgan fingerprint density at radius 2 is 2.29 bits per heavy atom. The van der Waals surface area contributed by atoms with E-state index in [0.29, 0.717) is 19.6 Å². The summed E-state index contributed by atoms with van der Waals surface area (Å²) in [5, 5.41) is 12.9. The molecule has 0 aromatic carbocycles. The maximum atomic E-state index is 11.9. The fourth-order valence-corrected chi connectivity index (χ4v) is 2.21. The molecule has 0 aliphatic carbocycles. The molecule has 0 atom stereocenters. The Bertz CT molecular complexity index is 327. The molecule has 0 unspecified atom stereocenters. The van der Waals surface area contributed by atoms with E-state index in [9.17, 15) is 4.79 Å². The van der Waals surface area contributed by atoms with Gasteiger partial charge in [-0.25, -0.2) is 0 Å². The number of thiophene rings is 1. The molecule has 1 aromatic heterocycles. The van der Waals surface area contributed by atoms with E-state index in [1.165, 1.54) is 0 Å². The van der Waals surface area contributed by atoms with Crippen LogP contribution in [0.1, 0.15) is 12.5 Å². The number of carbonyl (C=O) groups excluding carboxylic acids is 1. The molecular weight excluding hydrogens is 236 g/mol. The summed E-state index contributed by atoms with van der Waals surface area (Å²) in [7, 11) is 1.81. The minimum absolute atomic E-state index is 0.0894. The number of hydrogen-bond acceptors (Lipinski definition) is 4. The summed E-state index contributed by atoms with van der Waals surface area (Å²) in [6.07, 6.45) is 0. The van der Waals surface area contributed by atoms with Gasteiger partial charge in [0.15, 0.2) is 0 Å². The number of amides is 1. The van der Waals surface area contributed by atoms with Gasteiger partial charge in [-0.05, 0) is 28.9 Å². The van der Waals surface area contributed by atoms with E-state index in [4.69, 9.17) is 5.11 Å². The molecule has 96 valence electrons. The van der Waals surface area contributed by atoms with Crippen molar-refractivity contribution < 1.29 is 9.90 Å². The van der Waals surface area contributed by atoms with Crippen LogP contribution in [-0.4, -0.2) is 54.1 Å². The van der Waals surface area contributed by atoms with Gasteiger partial charge in [0.25, 0.3) is 0 Å². The zero-order chi connectivity index (χ0) is 12.7. The lowest BCUT2D eigenvalue weighted by Crippen LogP contribution is -2.39. The summed E-state index contributed by atoms with van der Waals surface area (Å²) in [5.41, 5.74) is 1.16. The molecule has 1 amide bonds. The Labute approximate surface area is 106 Å². The highest BCUT2D eigenvalue weighted by molar-refractivity contribution is 7.07. The summed E-state index contributed by atoms with van der Waals surface area (Å²) in [6.45, 7) is 4.43. The van der Waals surface area contributed by atoms with E-state index < -0.39 is 0 Å². The lowest BCUT2D eigenvalue weighted by atomic mass is 10.3. The van der Waals surface area contributed by atoms with E-state index in [-0.39, 0.29) is 12.5 Å². The fourth-order valence-electron chi connectivity index (χ4n) is 1.55. The van der Waals surface area contributed by atoms with Gasteiger partial charge in [-0.1, -0.05) is 6.92 Å². The van der Waals surface area contributed by atoms with Gasteiger partial charge >= 0.3 is 0 Å². The normalized spacial score (nSPS) is 10.8. The minimum Gasteiger partial charge on any atom is -0.395 e. The topological polar surface area (TPSA) is 43.8 Å². The van der Waals surface area contributed by atoms with Crippen LogP contribution in [0.15, 0.2) is 16.8 Å².